The van der Waals surface area contributed by atoms with Gasteiger partial charge in [0.2, 0.25) is 11.8 Å². The highest BCUT2D eigenvalue weighted by molar-refractivity contribution is 5.88. The van der Waals surface area contributed by atoms with Gasteiger partial charge in [-0.3, -0.25) is 9.59 Å². The number of hydrogen-bond donors (Lipinski definition) is 2. The third kappa shape index (κ3) is 24.8. The molecule has 318 valence electrons. The summed E-state index contributed by atoms with van der Waals surface area (Å²) in [5.74, 6) is 0.194. The van der Waals surface area contributed by atoms with E-state index in [1.165, 1.54) is 126 Å². The van der Waals surface area contributed by atoms with E-state index in [9.17, 15) is 9.59 Å². The Hall–Kier alpha value is -2.70. The summed E-state index contributed by atoms with van der Waals surface area (Å²) in [5.41, 5.74) is 5.40. The van der Waals surface area contributed by atoms with Gasteiger partial charge in [0.05, 0.1) is 0 Å². The zero-order valence-electron chi connectivity index (χ0n) is 37.3. The molecule has 1 saturated heterocycles. The highest BCUT2D eigenvalue weighted by Crippen LogP contribution is 2.40. The lowest BCUT2D eigenvalue weighted by molar-refractivity contribution is -0.121. The predicted molar refractivity (Wildman–Crippen MR) is 243 cm³/mol. The third-order valence-electron chi connectivity index (χ3n) is 11.7. The number of unbranched alkanes of at least 4 members (excludes halogenated alkanes) is 13. The van der Waals surface area contributed by atoms with Gasteiger partial charge in [0.1, 0.15) is 0 Å². The van der Waals surface area contributed by atoms with Crippen molar-refractivity contribution in [2.24, 2.45) is 5.41 Å². The Kier molecular flexibility index (Phi) is 27.6. The number of allylic oxidation sites excluding steroid dienone is 11. The van der Waals surface area contributed by atoms with Crippen molar-refractivity contribution in [2.45, 2.75) is 176 Å². The number of carbonyl (C=O) groups is 2. The van der Waals surface area contributed by atoms with E-state index in [0.717, 1.165) is 70.6 Å². The van der Waals surface area contributed by atoms with Crippen molar-refractivity contribution in [1.82, 2.24) is 20.4 Å². The average Bonchev–Trinajstić information content (AvgIpc) is 3.16. The van der Waals surface area contributed by atoms with Gasteiger partial charge in [-0.15, -0.1) is 0 Å². The lowest BCUT2D eigenvalue weighted by Gasteiger charge is -2.34. The normalized spacial score (nSPS) is 17.5. The summed E-state index contributed by atoms with van der Waals surface area (Å²) < 4.78 is 0. The van der Waals surface area contributed by atoms with Crippen molar-refractivity contribution in [3.8, 4) is 0 Å². The Bertz CT molecular complexity index is 1260. The Balaban J connectivity index is 1.41. The van der Waals surface area contributed by atoms with Gasteiger partial charge >= 0.3 is 0 Å². The molecule has 0 atom stereocenters. The van der Waals surface area contributed by atoms with Gasteiger partial charge in [0.15, 0.2) is 0 Å². The number of carbonyl (C=O) groups excluding carboxylic acids is 2. The van der Waals surface area contributed by atoms with E-state index in [1.54, 1.807) is 6.08 Å². The molecule has 1 heterocycles. The summed E-state index contributed by atoms with van der Waals surface area (Å²) in [4.78, 5) is 29.8. The van der Waals surface area contributed by atoms with Gasteiger partial charge in [-0.25, -0.2) is 0 Å². The van der Waals surface area contributed by atoms with Gasteiger partial charge in [-0.2, -0.15) is 0 Å². The summed E-state index contributed by atoms with van der Waals surface area (Å²) in [6.45, 7) is 21.2. The highest BCUT2D eigenvalue weighted by atomic mass is 16.2. The Labute approximate surface area is 345 Å². The first kappa shape index (κ1) is 49.4. The second-order valence-corrected chi connectivity index (χ2v) is 17.5. The van der Waals surface area contributed by atoms with Crippen molar-refractivity contribution in [2.75, 3.05) is 52.4 Å². The second-order valence-electron chi connectivity index (χ2n) is 17.5. The molecule has 2 rings (SSSR count). The van der Waals surface area contributed by atoms with Crippen LogP contribution < -0.4 is 10.6 Å². The van der Waals surface area contributed by atoms with E-state index in [1.807, 2.05) is 19.1 Å². The van der Waals surface area contributed by atoms with Crippen LogP contribution in [0.4, 0.5) is 0 Å². The van der Waals surface area contributed by atoms with Gasteiger partial charge in [-0.1, -0.05) is 139 Å². The maximum absolute atomic E-state index is 12.5. The van der Waals surface area contributed by atoms with E-state index in [2.05, 4.69) is 85.4 Å². The van der Waals surface area contributed by atoms with Crippen LogP contribution in [0.25, 0.3) is 0 Å². The maximum Gasteiger partial charge on any atom is 0.244 e. The van der Waals surface area contributed by atoms with E-state index in [4.69, 9.17) is 0 Å². The Morgan fingerprint density at radius 2 is 1.25 bits per heavy atom. The van der Waals surface area contributed by atoms with Crippen LogP contribution in [0.3, 0.4) is 0 Å². The molecule has 2 amide bonds. The fourth-order valence-electron chi connectivity index (χ4n) is 8.02. The van der Waals surface area contributed by atoms with Crippen LogP contribution in [0, 0.1) is 5.41 Å². The summed E-state index contributed by atoms with van der Waals surface area (Å²) in [6, 6.07) is 0. The third-order valence-corrected chi connectivity index (χ3v) is 11.7. The molecule has 2 aliphatic rings. The van der Waals surface area contributed by atoms with Crippen molar-refractivity contribution < 1.29 is 9.59 Å². The molecule has 0 spiro atoms. The van der Waals surface area contributed by atoms with Crippen LogP contribution in [0.2, 0.25) is 0 Å². The van der Waals surface area contributed by atoms with E-state index < -0.39 is 0 Å². The lowest BCUT2D eigenvalue weighted by atomic mass is 9.72. The van der Waals surface area contributed by atoms with Crippen LogP contribution in [-0.4, -0.2) is 74.0 Å². The molecule has 6 heteroatoms. The van der Waals surface area contributed by atoms with Gasteiger partial charge in [0, 0.05) is 51.8 Å². The molecule has 0 radical (unpaired) electrons. The minimum Gasteiger partial charge on any atom is -0.356 e. The summed E-state index contributed by atoms with van der Waals surface area (Å²) in [5, 5.41) is 6.20. The average molecular weight is 775 g/mol. The Morgan fingerprint density at radius 1 is 0.696 bits per heavy atom. The first-order valence-electron chi connectivity index (χ1n) is 23.2. The zero-order valence-corrected chi connectivity index (χ0v) is 37.3. The summed E-state index contributed by atoms with van der Waals surface area (Å²) >= 11 is 0. The zero-order chi connectivity index (χ0) is 40.7. The summed E-state index contributed by atoms with van der Waals surface area (Å²) in [6.07, 6.45) is 43.0. The first-order chi connectivity index (χ1) is 27.1. The van der Waals surface area contributed by atoms with E-state index in [0.29, 0.717) is 13.0 Å². The minimum absolute atomic E-state index is 0.0231. The molecular formula is C50H86N4O2. The molecule has 1 fully saturated rings. The van der Waals surface area contributed by atoms with Crippen LogP contribution in [0.1, 0.15) is 176 Å². The van der Waals surface area contributed by atoms with Crippen LogP contribution in [0.15, 0.2) is 70.9 Å². The number of nitrogens with one attached hydrogen (secondary N) is 2. The molecule has 0 aromatic heterocycles. The van der Waals surface area contributed by atoms with Crippen LogP contribution >= 0.6 is 0 Å². The largest absolute Gasteiger partial charge is 0.356 e. The van der Waals surface area contributed by atoms with Crippen molar-refractivity contribution in [3.05, 3.63) is 70.9 Å². The molecule has 0 aromatic rings. The molecule has 2 N–H and O–H groups in total. The van der Waals surface area contributed by atoms with Crippen molar-refractivity contribution >= 4 is 11.8 Å². The van der Waals surface area contributed by atoms with Gasteiger partial charge in [-0.05, 0) is 115 Å². The molecular weight excluding hydrogens is 689 g/mol. The number of rotatable bonds is 30. The topological polar surface area (TPSA) is 64.7 Å². The first-order valence-corrected chi connectivity index (χ1v) is 23.2. The molecule has 0 aromatic carbocycles. The molecule has 56 heavy (non-hydrogen) atoms. The van der Waals surface area contributed by atoms with E-state index in [-0.39, 0.29) is 17.2 Å². The number of amides is 2. The van der Waals surface area contributed by atoms with Crippen molar-refractivity contribution in [3.63, 3.8) is 0 Å². The highest BCUT2D eigenvalue weighted by Gasteiger charge is 2.26. The quantitative estimate of drug-likeness (QED) is 0.0330. The van der Waals surface area contributed by atoms with Crippen molar-refractivity contribution in [1.29, 1.82) is 0 Å². The molecule has 1 aliphatic heterocycles. The monoisotopic (exact) mass is 775 g/mol. The van der Waals surface area contributed by atoms with Gasteiger partial charge in [0.25, 0.3) is 0 Å². The maximum atomic E-state index is 12.5. The molecule has 0 unspecified atom stereocenters. The fourth-order valence-corrected chi connectivity index (χ4v) is 8.02. The summed E-state index contributed by atoms with van der Waals surface area (Å²) in [7, 11) is 0. The standard InChI is InChI=1S/C50H86N4O2/c1-7-8-9-10-11-12-13-14-15-16-17-18-19-20-21-22-23-31-48(55)51-35-26-37-53-39-41-54(42-40-53)38-27-36-52-49(56)43-45(3)29-24-28-44(2)32-33-47-46(4)30-25-34-50(47,5)6/h14-15,24,28-29,32-33,43H,7-13,16-23,25-27,30-31,34-42H2,1-6H3,(H,51,55)(H,52,56)/b15-14+,29-24+,33-32+,44-28+,45-43+. The van der Waals surface area contributed by atoms with Crippen LogP contribution in [0.5, 0.6) is 0 Å². The fraction of sp³-hybridized carbons (Fsp3) is 0.720. The van der Waals surface area contributed by atoms with Gasteiger partial charge < -0.3 is 20.4 Å². The smallest absolute Gasteiger partial charge is 0.244 e. The lowest BCUT2D eigenvalue weighted by Crippen LogP contribution is -2.47. The molecule has 0 bridgehead atoms. The number of piperazine rings is 1. The van der Waals surface area contributed by atoms with E-state index >= 15 is 0 Å². The molecule has 1 aliphatic carbocycles. The van der Waals surface area contributed by atoms with Crippen LogP contribution in [-0.2, 0) is 9.59 Å². The predicted octanol–water partition coefficient (Wildman–Crippen LogP) is 12.0. The molecule has 6 nitrogen and oxygen atoms in total. The SMILES string of the molecule is CCCCCCCC/C=C/CCCCCCCCCC(=O)NCCCN1CCN(CCCNC(=O)/C=C(C)/C=C/C=C(C)/C=C/C2=C(C)CCCC2(C)C)CC1. The Morgan fingerprint density at radius 3 is 1.84 bits per heavy atom. The molecule has 0 saturated carbocycles. The second kappa shape index (κ2) is 31.3. The minimum atomic E-state index is -0.0231. The number of nitrogens with zero attached hydrogens (tertiary/aromatic N) is 2. The number of hydrogen-bond acceptors (Lipinski definition) is 4.